The highest BCUT2D eigenvalue weighted by Crippen LogP contribution is 2.42. The van der Waals surface area contributed by atoms with Gasteiger partial charge in [0.1, 0.15) is 6.29 Å². The number of rotatable bonds is 8. The summed E-state index contributed by atoms with van der Waals surface area (Å²) in [6, 6.07) is 0. The zero-order valence-electron chi connectivity index (χ0n) is 10.4. The van der Waals surface area contributed by atoms with Gasteiger partial charge in [-0.3, -0.25) is 4.79 Å². The van der Waals surface area contributed by atoms with Crippen LogP contribution in [0.25, 0.3) is 0 Å². The van der Waals surface area contributed by atoms with Crippen LogP contribution in [0.4, 0.5) is 0 Å². The molecule has 0 aromatic rings. The van der Waals surface area contributed by atoms with Gasteiger partial charge in [-0.15, -0.1) is 0 Å². The van der Waals surface area contributed by atoms with Crippen LogP contribution in [0.2, 0.25) is 0 Å². The molecule has 2 fully saturated rings. The Hall–Kier alpha value is -0.940. The average Bonchev–Trinajstić information content (AvgIpc) is 2.93. The van der Waals surface area contributed by atoms with Crippen molar-refractivity contribution in [3.05, 3.63) is 0 Å². The van der Waals surface area contributed by atoms with Gasteiger partial charge in [-0.05, 0) is 25.7 Å². The number of fused-ring (bicyclic) bond motifs is 2. The van der Waals surface area contributed by atoms with E-state index >= 15 is 0 Å². The lowest BCUT2D eigenvalue weighted by atomic mass is 9.81. The van der Waals surface area contributed by atoms with Crippen molar-refractivity contribution in [2.75, 3.05) is 13.2 Å². The third-order valence-electron chi connectivity index (χ3n) is 3.88. The van der Waals surface area contributed by atoms with E-state index in [0.717, 1.165) is 25.5 Å². The van der Waals surface area contributed by atoms with Crippen molar-refractivity contribution < 1.29 is 24.2 Å². The van der Waals surface area contributed by atoms with Crippen LogP contribution < -0.4 is 0 Å². The van der Waals surface area contributed by atoms with Crippen molar-refractivity contribution in [1.29, 1.82) is 0 Å². The van der Waals surface area contributed by atoms with Gasteiger partial charge in [0.15, 0.2) is 0 Å². The molecule has 2 aliphatic heterocycles. The molecule has 0 radical (unpaired) electrons. The van der Waals surface area contributed by atoms with E-state index in [-0.39, 0.29) is 30.5 Å². The largest absolute Gasteiger partial charge is 0.481 e. The number of aldehydes is 1. The molecule has 5 nitrogen and oxygen atoms in total. The van der Waals surface area contributed by atoms with Crippen molar-refractivity contribution in [3.63, 3.8) is 0 Å². The number of hydrogen-bond acceptors (Lipinski definition) is 4. The Bertz CT molecular complexity index is 304. The average molecular weight is 256 g/mol. The molecule has 2 saturated heterocycles. The monoisotopic (exact) mass is 256 g/mol. The number of unbranched alkanes of at least 4 members (excludes halogenated alkanes) is 1. The minimum absolute atomic E-state index is 0.0113. The first-order chi connectivity index (χ1) is 8.72. The second-order valence-electron chi connectivity index (χ2n) is 5.09. The molecule has 4 atom stereocenters. The molecule has 0 amide bonds. The zero-order valence-corrected chi connectivity index (χ0v) is 10.4. The number of carboxylic acids is 1. The highest BCUT2D eigenvalue weighted by molar-refractivity contribution is 5.66. The summed E-state index contributed by atoms with van der Waals surface area (Å²) in [5, 5.41) is 8.48. The van der Waals surface area contributed by atoms with Gasteiger partial charge in [-0.2, -0.15) is 0 Å². The topological polar surface area (TPSA) is 72.8 Å². The van der Waals surface area contributed by atoms with Gasteiger partial charge >= 0.3 is 5.97 Å². The van der Waals surface area contributed by atoms with E-state index in [9.17, 15) is 9.59 Å². The number of carboxylic acid groups (broad SMARTS) is 1. The molecular formula is C13H20O5. The standard InChI is InChI=1S/C13H20O5/c14-7-9-10(12-5-4-11(9)18-12)8-17-6-2-1-3-13(15)16/h7,9-12H,1-6,8H2,(H,15,16)/t9-,10+,11-,12+/m0/s1. The maximum Gasteiger partial charge on any atom is 0.303 e. The molecule has 0 aromatic carbocycles. The fraction of sp³-hybridized carbons (Fsp3) is 0.846. The summed E-state index contributed by atoms with van der Waals surface area (Å²) in [5.74, 6) is -0.582. The maximum atomic E-state index is 11.0. The zero-order chi connectivity index (χ0) is 13.0. The number of hydrogen-bond donors (Lipinski definition) is 1. The summed E-state index contributed by atoms with van der Waals surface area (Å²) in [7, 11) is 0. The minimum Gasteiger partial charge on any atom is -0.481 e. The van der Waals surface area contributed by atoms with Crippen LogP contribution in [0, 0.1) is 11.8 Å². The summed E-state index contributed by atoms with van der Waals surface area (Å²) < 4.78 is 11.3. The van der Waals surface area contributed by atoms with Crippen molar-refractivity contribution in [3.8, 4) is 0 Å². The Morgan fingerprint density at radius 2 is 2.11 bits per heavy atom. The second-order valence-corrected chi connectivity index (χ2v) is 5.09. The van der Waals surface area contributed by atoms with E-state index in [2.05, 4.69) is 0 Å². The Morgan fingerprint density at radius 3 is 2.83 bits per heavy atom. The molecule has 18 heavy (non-hydrogen) atoms. The van der Waals surface area contributed by atoms with Gasteiger partial charge in [-0.25, -0.2) is 0 Å². The van der Waals surface area contributed by atoms with Gasteiger partial charge < -0.3 is 19.4 Å². The molecule has 2 aliphatic rings. The van der Waals surface area contributed by atoms with Crippen molar-refractivity contribution >= 4 is 12.3 Å². The van der Waals surface area contributed by atoms with Crippen molar-refractivity contribution in [2.24, 2.45) is 11.8 Å². The second kappa shape index (κ2) is 6.29. The minimum atomic E-state index is -0.766. The van der Waals surface area contributed by atoms with Crippen LogP contribution in [-0.4, -0.2) is 42.8 Å². The summed E-state index contributed by atoms with van der Waals surface area (Å²) >= 11 is 0. The van der Waals surface area contributed by atoms with Gasteiger partial charge in [0.05, 0.1) is 18.8 Å². The third kappa shape index (κ3) is 3.09. The number of carbonyl (C=O) groups is 2. The Morgan fingerprint density at radius 1 is 1.33 bits per heavy atom. The van der Waals surface area contributed by atoms with Crippen molar-refractivity contribution in [1.82, 2.24) is 0 Å². The summed E-state index contributed by atoms with van der Waals surface area (Å²) in [5.41, 5.74) is 0. The lowest BCUT2D eigenvalue weighted by molar-refractivity contribution is -0.137. The molecule has 0 aromatic heterocycles. The smallest absolute Gasteiger partial charge is 0.303 e. The highest BCUT2D eigenvalue weighted by atomic mass is 16.5. The van der Waals surface area contributed by atoms with Crippen LogP contribution in [0.5, 0.6) is 0 Å². The predicted octanol–water partition coefficient (Wildman–Crippen LogP) is 1.25. The summed E-state index contributed by atoms with van der Waals surface area (Å²) in [6.07, 6.45) is 4.89. The Balaban J connectivity index is 1.61. The summed E-state index contributed by atoms with van der Waals surface area (Å²) in [6.45, 7) is 1.12. The first-order valence-corrected chi connectivity index (χ1v) is 6.62. The molecule has 102 valence electrons. The van der Waals surface area contributed by atoms with E-state index in [1.54, 1.807) is 0 Å². The Labute approximate surface area is 106 Å². The summed E-state index contributed by atoms with van der Waals surface area (Å²) in [4.78, 5) is 21.3. The van der Waals surface area contributed by atoms with Crippen LogP contribution in [0.15, 0.2) is 0 Å². The van der Waals surface area contributed by atoms with E-state index in [4.69, 9.17) is 14.6 Å². The highest BCUT2D eigenvalue weighted by Gasteiger charge is 2.48. The molecule has 0 aliphatic carbocycles. The molecule has 1 N–H and O–H groups in total. The molecule has 0 unspecified atom stereocenters. The maximum absolute atomic E-state index is 11.0. The van der Waals surface area contributed by atoms with Crippen LogP contribution in [0.1, 0.15) is 32.1 Å². The van der Waals surface area contributed by atoms with E-state index in [0.29, 0.717) is 19.6 Å². The lowest BCUT2D eigenvalue weighted by Gasteiger charge is -2.23. The quantitative estimate of drug-likeness (QED) is 0.522. The molecule has 2 rings (SSSR count). The van der Waals surface area contributed by atoms with E-state index in [1.807, 2.05) is 0 Å². The molecule has 0 spiro atoms. The van der Waals surface area contributed by atoms with Gasteiger partial charge in [0.2, 0.25) is 0 Å². The SMILES string of the molecule is O=C[C@H]1[C@@H](COCCCCC(=O)O)[C@H]2CC[C@@H]1O2. The van der Waals surface area contributed by atoms with E-state index in [1.165, 1.54) is 0 Å². The van der Waals surface area contributed by atoms with E-state index < -0.39 is 5.97 Å². The lowest BCUT2D eigenvalue weighted by Crippen LogP contribution is -2.31. The first kappa shape index (κ1) is 13.5. The number of aliphatic carboxylic acids is 1. The molecular weight excluding hydrogens is 236 g/mol. The number of carbonyl (C=O) groups excluding carboxylic acids is 1. The first-order valence-electron chi connectivity index (χ1n) is 6.62. The van der Waals surface area contributed by atoms with Gasteiger partial charge in [-0.1, -0.05) is 0 Å². The van der Waals surface area contributed by atoms with Crippen LogP contribution >= 0.6 is 0 Å². The fourth-order valence-electron chi connectivity index (χ4n) is 2.92. The molecule has 5 heteroatoms. The van der Waals surface area contributed by atoms with Crippen LogP contribution in [0.3, 0.4) is 0 Å². The van der Waals surface area contributed by atoms with Crippen LogP contribution in [-0.2, 0) is 19.1 Å². The van der Waals surface area contributed by atoms with Crippen molar-refractivity contribution in [2.45, 2.75) is 44.3 Å². The molecule has 2 bridgehead atoms. The fourth-order valence-corrected chi connectivity index (χ4v) is 2.92. The normalized spacial score (nSPS) is 33.8. The predicted molar refractivity (Wildman–Crippen MR) is 63.2 cm³/mol. The molecule has 0 saturated carbocycles. The Kier molecular flexibility index (Phi) is 4.72. The van der Waals surface area contributed by atoms with Gasteiger partial charge in [0.25, 0.3) is 0 Å². The number of ether oxygens (including phenoxy) is 2. The van der Waals surface area contributed by atoms with Gasteiger partial charge in [0, 0.05) is 24.9 Å². The molecule has 2 heterocycles. The third-order valence-corrected chi connectivity index (χ3v) is 3.88.